The van der Waals surface area contributed by atoms with Gasteiger partial charge in [-0.15, -0.1) is 0 Å². The number of nitrogens with one attached hydrogen (secondary N) is 1. The maximum absolute atomic E-state index is 5.31. The lowest BCUT2D eigenvalue weighted by atomic mass is 10.5. The molecule has 0 aromatic heterocycles. The Bertz CT molecular complexity index is 49.7. The standard InChI is InChI=1S/C5H15NOSi/c1-4-6-8-7-5(2)3/h5-6H,4,8H2,1-3H3. The second-order valence-corrected chi connectivity index (χ2v) is 3.09. The Morgan fingerprint density at radius 1 is 1.62 bits per heavy atom. The van der Waals surface area contributed by atoms with Crippen LogP contribution in [0.4, 0.5) is 0 Å². The van der Waals surface area contributed by atoms with Crippen molar-refractivity contribution in [2.45, 2.75) is 26.9 Å². The van der Waals surface area contributed by atoms with Crippen LogP contribution in [0.25, 0.3) is 0 Å². The van der Waals surface area contributed by atoms with E-state index in [0.717, 1.165) is 6.54 Å². The van der Waals surface area contributed by atoms with Gasteiger partial charge in [0, 0.05) is 6.10 Å². The highest BCUT2D eigenvalue weighted by molar-refractivity contribution is 6.23. The van der Waals surface area contributed by atoms with Crippen LogP contribution in [0.3, 0.4) is 0 Å². The van der Waals surface area contributed by atoms with E-state index in [1.54, 1.807) is 0 Å². The summed E-state index contributed by atoms with van der Waals surface area (Å²) in [5.41, 5.74) is 0. The summed E-state index contributed by atoms with van der Waals surface area (Å²) in [7, 11) is -0.386. The SMILES string of the molecule is CCN[SiH2]OC(C)C. The summed E-state index contributed by atoms with van der Waals surface area (Å²) in [6, 6.07) is 0. The average Bonchev–Trinajstić information content (AvgIpc) is 1.66. The van der Waals surface area contributed by atoms with Gasteiger partial charge < -0.3 is 9.41 Å². The summed E-state index contributed by atoms with van der Waals surface area (Å²) in [5.74, 6) is 0. The first kappa shape index (κ1) is 8.14. The predicted octanol–water partition coefficient (Wildman–Crippen LogP) is 0.0197. The van der Waals surface area contributed by atoms with E-state index in [1.807, 2.05) is 0 Å². The first-order valence-corrected chi connectivity index (χ1v) is 4.38. The monoisotopic (exact) mass is 133 g/mol. The van der Waals surface area contributed by atoms with Crippen molar-refractivity contribution in [1.29, 1.82) is 0 Å². The molecule has 0 radical (unpaired) electrons. The van der Waals surface area contributed by atoms with Crippen molar-refractivity contribution in [3.63, 3.8) is 0 Å². The van der Waals surface area contributed by atoms with Gasteiger partial charge in [-0.2, -0.15) is 0 Å². The van der Waals surface area contributed by atoms with Crippen LogP contribution in [-0.4, -0.2) is 22.6 Å². The Labute approximate surface area is 53.6 Å². The number of hydrogen-bond acceptors (Lipinski definition) is 2. The highest BCUT2D eigenvalue weighted by Crippen LogP contribution is 1.80. The zero-order valence-electron chi connectivity index (χ0n) is 5.90. The Morgan fingerprint density at radius 2 is 2.25 bits per heavy atom. The van der Waals surface area contributed by atoms with Crippen LogP contribution in [0, 0.1) is 0 Å². The molecular formula is C5H15NOSi. The summed E-state index contributed by atoms with van der Waals surface area (Å²) < 4.78 is 5.31. The third-order valence-electron chi connectivity index (χ3n) is 0.769. The zero-order chi connectivity index (χ0) is 6.41. The molecule has 0 unspecified atom stereocenters. The Balaban J connectivity index is 2.72. The summed E-state index contributed by atoms with van der Waals surface area (Å²) >= 11 is 0. The van der Waals surface area contributed by atoms with Crippen LogP contribution in [0.1, 0.15) is 20.8 Å². The van der Waals surface area contributed by atoms with Crippen LogP contribution in [0.2, 0.25) is 0 Å². The van der Waals surface area contributed by atoms with E-state index in [4.69, 9.17) is 4.43 Å². The van der Waals surface area contributed by atoms with Gasteiger partial charge in [-0.05, 0) is 20.4 Å². The van der Waals surface area contributed by atoms with Crippen LogP contribution in [-0.2, 0) is 4.43 Å². The molecule has 2 nitrogen and oxygen atoms in total. The lowest BCUT2D eigenvalue weighted by Gasteiger charge is -2.05. The number of hydrogen-bond donors (Lipinski definition) is 1. The summed E-state index contributed by atoms with van der Waals surface area (Å²) in [6.07, 6.45) is 0.403. The second-order valence-electron chi connectivity index (χ2n) is 1.96. The smallest absolute Gasteiger partial charge is 0.236 e. The van der Waals surface area contributed by atoms with Crippen LogP contribution in [0.15, 0.2) is 0 Å². The third-order valence-corrected chi connectivity index (χ3v) is 2.31. The van der Waals surface area contributed by atoms with E-state index in [1.165, 1.54) is 0 Å². The molecule has 0 spiro atoms. The Kier molecular flexibility index (Phi) is 5.37. The van der Waals surface area contributed by atoms with Gasteiger partial charge in [0.15, 0.2) is 0 Å². The van der Waals surface area contributed by atoms with Crippen molar-refractivity contribution in [2.24, 2.45) is 0 Å². The fourth-order valence-corrected chi connectivity index (χ4v) is 0.983. The van der Waals surface area contributed by atoms with Crippen molar-refractivity contribution in [3.8, 4) is 0 Å². The van der Waals surface area contributed by atoms with E-state index in [9.17, 15) is 0 Å². The maximum atomic E-state index is 5.31. The molecule has 8 heavy (non-hydrogen) atoms. The highest BCUT2D eigenvalue weighted by atomic mass is 28.2. The predicted molar refractivity (Wildman–Crippen MR) is 38.4 cm³/mol. The summed E-state index contributed by atoms with van der Waals surface area (Å²) in [4.78, 5) is 3.20. The molecular weight excluding hydrogens is 118 g/mol. The minimum atomic E-state index is -0.386. The molecule has 3 heteroatoms. The number of rotatable bonds is 4. The molecule has 0 bridgehead atoms. The van der Waals surface area contributed by atoms with Gasteiger partial charge in [-0.3, -0.25) is 0 Å². The van der Waals surface area contributed by atoms with E-state index in [2.05, 4.69) is 25.8 Å². The van der Waals surface area contributed by atoms with E-state index >= 15 is 0 Å². The lowest BCUT2D eigenvalue weighted by Crippen LogP contribution is -2.24. The Morgan fingerprint density at radius 3 is 2.62 bits per heavy atom. The molecule has 0 aromatic carbocycles. The largest absolute Gasteiger partial charge is 0.406 e. The molecule has 0 amide bonds. The minimum Gasteiger partial charge on any atom is -0.406 e. The van der Waals surface area contributed by atoms with Crippen molar-refractivity contribution < 1.29 is 4.43 Å². The molecule has 0 saturated carbocycles. The molecule has 0 rings (SSSR count). The zero-order valence-corrected chi connectivity index (χ0v) is 7.31. The van der Waals surface area contributed by atoms with E-state index in [-0.39, 0.29) is 9.92 Å². The van der Waals surface area contributed by atoms with Crippen molar-refractivity contribution in [2.75, 3.05) is 6.54 Å². The third kappa shape index (κ3) is 6.14. The molecule has 0 saturated heterocycles. The van der Waals surface area contributed by atoms with Crippen LogP contribution in [0.5, 0.6) is 0 Å². The van der Waals surface area contributed by atoms with Gasteiger partial charge in [0.1, 0.15) is 0 Å². The fraction of sp³-hybridized carbons (Fsp3) is 1.00. The fourth-order valence-electron chi connectivity index (χ4n) is 0.328. The Hall–Kier alpha value is 0.137. The molecule has 0 aromatic rings. The quantitative estimate of drug-likeness (QED) is 0.431. The van der Waals surface area contributed by atoms with Gasteiger partial charge in [-0.25, -0.2) is 0 Å². The molecule has 0 heterocycles. The molecule has 0 aliphatic heterocycles. The van der Waals surface area contributed by atoms with Crippen molar-refractivity contribution in [3.05, 3.63) is 0 Å². The van der Waals surface area contributed by atoms with E-state index in [0.29, 0.717) is 6.10 Å². The summed E-state index contributed by atoms with van der Waals surface area (Å²) in [6.45, 7) is 7.25. The molecule has 50 valence electrons. The minimum absolute atomic E-state index is 0.386. The van der Waals surface area contributed by atoms with Gasteiger partial charge in [0.25, 0.3) is 0 Å². The lowest BCUT2D eigenvalue weighted by molar-refractivity contribution is 0.251. The van der Waals surface area contributed by atoms with Crippen LogP contribution >= 0.6 is 0 Å². The van der Waals surface area contributed by atoms with Gasteiger partial charge in [-0.1, -0.05) is 6.92 Å². The maximum Gasteiger partial charge on any atom is 0.236 e. The molecule has 1 N–H and O–H groups in total. The molecule has 0 fully saturated rings. The second kappa shape index (κ2) is 5.28. The summed E-state index contributed by atoms with van der Waals surface area (Å²) in [5, 5.41) is 0. The highest BCUT2D eigenvalue weighted by Gasteiger charge is 1.88. The molecule has 0 aliphatic rings. The van der Waals surface area contributed by atoms with E-state index < -0.39 is 0 Å². The van der Waals surface area contributed by atoms with Crippen LogP contribution < -0.4 is 4.98 Å². The first-order valence-electron chi connectivity index (χ1n) is 3.09. The molecule has 0 aliphatic carbocycles. The topological polar surface area (TPSA) is 21.3 Å². The average molecular weight is 133 g/mol. The first-order chi connectivity index (χ1) is 3.77. The normalized spacial score (nSPS) is 12.0. The van der Waals surface area contributed by atoms with Crippen molar-refractivity contribution >= 4 is 9.92 Å². The van der Waals surface area contributed by atoms with Gasteiger partial charge in [0.05, 0.1) is 0 Å². The van der Waals surface area contributed by atoms with Gasteiger partial charge >= 0.3 is 0 Å². The van der Waals surface area contributed by atoms with Gasteiger partial charge in [0.2, 0.25) is 9.92 Å². The van der Waals surface area contributed by atoms with Crippen molar-refractivity contribution in [1.82, 2.24) is 4.98 Å². The molecule has 0 atom stereocenters.